The smallest absolute Gasteiger partial charge is 0.320 e. The van der Waals surface area contributed by atoms with Gasteiger partial charge in [-0.15, -0.1) is 0 Å². The molecule has 0 aromatic heterocycles. The number of rotatable bonds is 7. The Hall–Kier alpha value is -1.06. The zero-order valence-electron chi connectivity index (χ0n) is 11.7. The molecule has 0 aromatic rings. The molecule has 0 saturated carbocycles. The van der Waals surface area contributed by atoms with Crippen molar-refractivity contribution < 1.29 is 19.1 Å². The Morgan fingerprint density at radius 3 is 2.17 bits per heavy atom. The SMILES string of the molecule is CCCCC(C)C1(CCCC)OC(=O)CC(=O)O1. The molecular formula is C14H24O4. The summed E-state index contributed by atoms with van der Waals surface area (Å²) in [6.45, 7) is 6.18. The summed E-state index contributed by atoms with van der Waals surface area (Å²) in [5, 5.41) is 0. The van der Waals surface area contributed by atoms with Crippen LogP contribution in [0.1, 0.15) is 65.7 Å². The van der Waals surface area contributed by atoms with Gasteiger partial charge >= 0.3 is 11.9 Å². The average Bonchev–Trinajstić information content (AvgIpc) is 2.32. The molecule has 1 saturated heterocycles. The first-order chi connectivity index (χ1) is 8.54. The van der Waals surface area contributed by atoms with Crippen LogP contribution in [0.2, 0.25) is 0 Å². The number of hydrogen-bond acceptors (Lipinski definition) is 4. The van der Waals surface area contributed by atoms with E-state index in [2.05, 4.69) is 13.8 Å². The highest BCUT2D eigenvalue weighted by atomic mass is 16.7. The van der Waals surface area contributed by atoms with E-state index >= 15 is 0 Å². The molecule has 0 aromatic carbocycles. The van der Waals surface area contributed by atoms with Crippen LogP contribution in [-0.2, 0) is 19.1 Å². The highest BCUT2D eigenvalue weighted by molar-refractivity contribution is 5.93. The van der Waals surface area contributed by atoms with Crippen LogP contribution in [0.4, 0.5) is 0 Å². The Morgan fingerprint density at radius 1 is 1.11 bits per heavy atom. The summed E-state index contributed by atoms with van der Waals surface area (Å²) in [4.78, 5) is 23.0. The average molecular weight is 256 g/mol. The van der Waals surface area contributed by atoms with Crippen molar-refractivity contribution in [3.05, 3.63) is 0 Å². The number of esters is 2. The minimum Gasteiger partial charge on any atom is -0.422 e. The van der Waals surface area contributed by atoms with Crippen molar-refractivity contribution in [2.24, 2.45) is 5.92 Å². The van der Waals surface area contributed by atoms with E-state index in [-0.39, 0.29) is 12.3 Å². The van der Waals surface area contributed by atoms with Crippen LogP contribution in [0, 0.1) is 5.92 Å². The molecule has 1 fully saturated rings. The molecule has 0 aliphatic carbocycles. The summed E-state index contributed by atoms with van der Waals surface area (Å²) in [6, 6.07) is 0. The number of carbonyl (C=O) groups is 2. The normalized spacial score (nSPS) is 20.2. The fraction of sp³-hybridized carbons (Fsp3) is 0.857. The Morgan fingerprint density at radius 2 is 1.67 bits per heavy atom. The first-order valence-electron chi connectivity index (χ1n) is 6.97. The summed E-state index contributed by atoms with van der Waals surface area (Å²) < 4.78 is 10.8. The second kappa shape index (κ2) is 6.76. The van der Waals surface area contributed by atoms with Gasteiger partial charge < -0.3 is 9.47 Å². The van der Waals surface area contributed by atoms with Crippen LogP contribution in [0.3, 0.4) is 0 Å². The van der Waals surface area contributed by atoms with E-state index in [1.165, 1.54) is 0 Å². The standard InChI is InChI=1S/C14H24O4/c1-4-6-8-11(3)14(9-7-5-2)17-12(15)10-13(16)18-14/h11H,4-10H2,1-3H3. The number of ether oxygens (including phenoxy) is 2. The van der Waals surface area contributed by atoms with Gasteiger partial charge in [0.25, 0.3) is 5.79 Å². The Bertz CT molecular complexity index is 282. The lowest BCUT2D eigenvalue weighted by Gasteiger charge is -2.40. The number of carbonyl (C=O) groups excluding carboxylic acids is 2. The van der Waals surface area contributed by atoms with E-state index in [0.717, 1.165) is 32.1 Å². The molecule has 1 aliphatic rings. The lowest BCUT2D eigenvalue weighted by molar-refractivity contribution is -0.264. The topological polar surface area (TPSA) is 52.6 Å². The van der Waals surface area contributed by atoms with Crippen LogP contribution in [0.25, 0.3) is 0 Å². The fourth-order valence-corrected chi connectivity index (χ4v) is 2.30. The minimum atomic E-state index is -1.02. The largest absolute Gasteiger partial charge is 0.422 e. The van der Waals surface area contributed by atoms with Gasteiger partial charge in [-0.25, -0.2) is 0 Å². The van der Waals surface area contributed by atoms with Gasteiger partial charge in [-0.3, -0.25) is 9.59 Å². The van der Waals surface area contributed by atoms with Gasteiger partial charge in [0.15, 0.2) is 0 Å². The second-order valence-corrected chi connectivity index (χ2v) is 5.08. The highest BCUT2D eigenvalue weighted by Gasteiger charge is 2.46. The maximum Gasteiger partial charge on any atom is 0.320 e. The zero-order valence-corrected chi connectivity index (χ0v) is 11.7. The predicted molar refractivity (Wildman–Crippen MR) is 67.7 cm³/mol. The Labute approximate surface area is 109 Å². The number of hydrogen-bond donors (Lipinski definition) is 0. The zero-order chi connectivity index (χ0) is 13.6. The van der Waals surface area contributed by atoms with Gasteiger partial charge in [0.1, 0.15) is 6.42 Å². The molecule has 0 amide bonds. The minimum absolute atomic E-state index is 0.0530. The van der Waals surface area contributed by atoms with Crippen LogP contribution in [0.5, 0.6) is 0 Å². The summed E-state index contributed by atoms with van der Waals surface area (Å²) in [5.74, 6) is -1.87. The van der Waals surface area contributed by atoms with Crippen LogP contribution < -0.4 is 0 Å². The third-order valence-corrected chi connectivity index (χ3v) is 3.48. The van der Waals surface area contributed by atoms with Crippen molar-refractivity contribution in [1.82, 2.24) is 0 Å². The van der Waals surface area contributed by atoms with Crippen molar-refractivity contribution in [3.8, 4) is 0 Å². The molecule has 1 unspecified atom stereocenters. The van der Waals surface area contributed by atoms with Crippen LogP contribution in [-0.4, -0.2) is 17.7 Å². The maximum atomic E-state index is 11.5. The maximum absolute atomic E-state index is 11.5. The van der Waals surface area contributed by atoms with E-state index in [1.807, 2.05) is 6.92 Å². The molecule has 4 nitrogen and oxygen atoms in total. The van der Waals surface area contributed by atoms with Crippen molar-refractivity contribution in [2.75, 3.05) is 0 Å². The van der Waals surface area contributed by atoms with E-state index in [0.29, 0.717) is 6.42 Å². The number of cyclic esters (lactones) is 2. The Balaban J connectivity index is 2.79. The quantitative estimate of drug-likeness (QED) is 0.518. The van der Waals surface area contributed by atoms with Crippen molar-refractivity contribution in [3.63, 3.8) is 0 Å². The third-order valence-electron chi connectivity index (χ3n) is 3.48. The lowest BCUT2D eigenvalue weighted by atomic mass is 9.89. The summed E-state index contributed by atoms with van der Waals surface area (Å²) in [6.07, 6.45) is 5.25. The molecule has 104 valence electrons. The van der Waals surface area contributed by atoms with E-state index in [9.17, 15) is 9.59 Å². The monoisotopic (exact) mass is 256 g/mol. The first-order valence-corrected chi connectivity index (χ1v) is 6.97. The number of unbranched alkanes of at least 4 members (excludes halogenated alkanes) is 2. The first kappa shape index (κ1) is 15.0. The van der Waals surface area contributed by atoms with Crippen LogP contribution in [0.15, 0.2) is 0 Å². The molecule has 1 atom stereocenters. The van der Waals surface area contributed by atoms with E-state index in [4.69, 9.17) is 9.47 Å². The van der Waals surface area contributed by atoms with Gasteiger partial charge in [0.05, 0.1) is 0 Å². The molecule has 0 radical (unpaired) electrons. The van der Waals surface area contributed by atoms with Crippen molar-refractivity contribution in [1.29, 1.82) is 0 Å². The summed E-state index contributed by atoms with van der Waals surface area (Å²) in [5.41, 5.74) is 0. The summed E-state index contributed by atoms with van der Waals surface area (Å²) in [7, 11) is 0. The van der Waals surface area contributed by atoms with Crippen molar-refractivity contribution >= 4 is 11.9 Å². The highest BCUT2D eigenvalue weighted by Crippen LogP contribution is 2.36. The summed E-state index contributed by atoms with van der Waals surface area (Å²) >= 11 is 0. The van der Waals surface area contributed by atoms with Gasteiger partial charge in [-0.1, -0.05) is 40.0 Å². The molecule has 1 rings (SSSR count). The molecule has 0 bridgehead atoms. The van der Waals surface area contributed by atoms with Gasteiger partial charge in [-0.2, -0.15) is 0 Å². The molecule has 1 heterocycles. The van der Waals surface area contributed by atoms with Gasteiger partial charge in [0, 0.05) is 12.3 Å². The Kier molecular flexibility index (Phi) is 5.63. The molecule has 0 spiro atoms. The third kappa shape index (κ3) is 3.72. The molecule has 18 heavy (non-hydrogen) atoms. The van der Waals surface area contributed by atoms with Crippen molar-refractivity contribution in [2.45, 2.75) is 71.5 Å². The molecule has 0 N–H and O–H groups in total. The molecule has 1 aliphatic heterocycles. The van der Waals surface area contributed by atoms with E-state index < -0.39 is 17.7 Å². The van der Waals surface area contributed by atoms with Gasteiger partial charge in [0.2, 0.25) is 0 Å². The lowest BCUT2D eigenvalue weighted by Crippen LogP contribution is -2.49. The van der Waals surface area contributed by atoms with E-state index in [1.54, 1.807) is 0 Å². The predicted octanol–water partition coefficient (Wildman–Crippen LogP) is 3.19. The second-order valence-electron chi connectivity index (χ2n) is 5.08. The fourth-order valence-electron chi connectivity index (χ4n) is 2.30. The van der Waals surface area contributed by atoms with Crippen LogP contribution >= 0.6 is 0 Å². The molecular weight excluding hydrogens is 232 g/mol. The molecule has 4 heteroatoms. The van der Waals surface area contributed by atoms with Gasteiger partial charge in [-0.05, 0) is 12.8 Å².